The molecule has 9 heteroatoms. The Kier molecular flexibility index (Phi) is 10.3. The molecular weight excluding hydrogens is 550 g/mol. The van der Waals surface area contributed by atoms with Crippen molar-refractivity contribution in [2.24, 2.45) is 0 Å². The van der Waals surface area contributed by atoms with E-state index in [1.165, 1.54) is 24.1 Å². The monoisotopic (exact) mass is 585 g/mol. The van der Waals surface area contributed by atoms with Gasteiger partial charge in [0.25, 0.3) is 10.0 Å². The predicted molar refractivity (Wildman–Crippen MR) is 164 cm³/mol. The molecule has 2 amide bonds. The minimum absolute atomic E-state index is 0.0332. The summed E-state index contributed by atoms with van der Waals surface area (Å²) in [5, 5.41) is 2.69. The number of anilines is 1. The van der Waals surface area contributed by atoms with Crippen LogP contribution >= 0.6 is 0 Å². The third-order valence-corrected chi connectivity index (χ3v) is 8.53. The number of nitrogens with zero attached hydrogens (tertiary/aromatic N) is 2. The molecule has 0 aliphatic heterocycles. The van der Waals surface area contributed by atoms with Gasteiger partial charge in [-0.2, -0.15) is 0 Å². The van der Waals surface area contributed by atoms with Crippen molar-refractivity contribution in [2.45, 2.75) is 30.8 Å². The maximum absolute atomic E-state index is 14.3. The third kappa shape index (κ3) is 7.36. The number of hydrogen-bond acceptors (Lipinski definition) is 5. The Hall–Kier alpha value is -4.63. The van der Waals surface area contributed by atoms with Crippen LogP contribution < -0.4 is 14.4 Å². The van der Waals surface area contributed by atoms with Crippen LogP contribution in [0, 0.1) is 0 Å². The fourth-order valence-corrected chi connectivity index (χ4v) is 6.12. The van der Waals surface area contributed by atoms with E-state index < -0.39 is 28.5 Å². The summed E-state index contributed by atoms with van der Waals surface area (Å²) < 4.78 is 35.0. The number of para-hydroxylation sites is 2. The SMILES string of the molecule is CCOc1ccccc1N(CC(=O)N(Cc1ccccc1)[C@@H](Cc1ccccc1)C(=O)NC)S(=O)(=O)c1ccccc1. The first-order valence-electron chi connectivity index (χ1n) is 13.7. The number of nitrogens with one attached hydrogen (secondary N) is 1. The molecule has 0 aliphatic carbocycles. The molecule has 1 N–H and O–H groups in total. The van der Waals surface area contributed by atoms with Gasteiger partial charge in [0.15, 0.2) is 0 Å². The summed E-state index contributed by atoms with van der Waals surface area (Å²) in [6, 6.07) is 32.5. The maximum atomic E-state index is 14.3. The van der Waals surface area contributed by atoms with E-state index in [0.29, 0.717) is 12.4 Å². The molecule has 0 radical (unpaired) electrons. The molecule has 0 unspecified atom stereocenters. The molecule has 218 valence electrons. The van der Waals surface area contributed by atoms with E-state index in [-0.39, 0.29) is 29.5 Å². The zero-order valence-corrected chi connectivity index (χ0v) is 24.5. The number of ether oxygens (including phenoxy) is 1. The van der Waals surface area contributed by atoms with E-state index in [2.05, 4.69) is 5.32 Å². The van der Waals surface area contributed by atoms with Crippen LogP contribution in [-0.4, -0.2) is 51.4 Å². The molecule has 0 aliphatic rings. The van der Waals surface area contributed by atoms with Crippen LogP contribution in [0.25, 0.3) is 0 Å². The van der Waals surface area contributed by atoms with Crippen LogP contribution in [0.3, 0.4) is 0 Å². The average molecular weight is 586 g/mol. The van der Waals surface area contributed by atoms with Crippen LogP contribution in [0.2, 0.25) is 0 Å². The summed E-state index contributed by atoms with van der Waals surface area (Å²) in [6.45, 7) is 1.67. The quantitative estimate of drug-likeness (QED) is 0.246. The first-order valence-corrected chi connectivity index (χ1v) is 15.2. The van der Waals surface area contributed by atoms with Crippen molar-refractivity contribution < 1.29 is 22.7 Å². The topological polar surface area (TPSA) is 96.0 Å². The lowest BCUT2D eigenvalue weighted by atomic mass is 10.0. The zero-order valence-electron chi connectivity index (χ0n) is 23.7. The second kappa shape index (κ2) is 14.3. The van der Waals surface area contributed by atoms with Gasteiger partial charge in [0, 0.05) is 20.0 Å². The fourth-order valence-electron chi connectivity index (χ4n) is 4.67. The maximum Gasteiger partial charge on any atom is 0.264 e. The normalized spacial score (nSPS) is 11.8. The van der Waals surface area contributed by atoms with Crippen molar-refractivity contribution in [1.29, 1.82) is 0 Å². The summed E-state index contributed by atoms with van der Waals surface area (Å²) >= 11 is 0. The second-order valence-electron chi connectivity index (χ2n) is 9.55. The van der Waals surface area contributed by atoms with Gasteiger partial charge in [-0.25, -0.2) is 8.42 Å². The largest absolute Gasteiger partial charge is 0.492 e. The lowest BCUT2D eigenvalue weighted by molar-refractivity contribution is -0.139. The van der Waals surface area contributed by atoms with E-state index in [4.69, 9.17) is 4.74 Å². The number of carbonyl (C=O) groups excluding carboxylic acids is 2. The third-order valence-electron chi connectivity index (χ3n) is 6.76. The van der Waals surface area contributed by atoms with Gasteiger partial charge in [0.1, 0.15) is 18.3 Å². The van der Waals surface area contributed by atoms with Crippen molar-refractivity contribution in [3.8, 4) is 5.75 Å². The number of likely N-dealkylation sites (N-methyl/N-ethyl adjacent to an activating group) is 1. The molecule has 1 atom stereocenters. The Balaban J connectivity index is 1.80. The van der Waals surface area contributed by atoms with Gasteiger partial charge in [-0.3, -0.25) is 13.9 Å². The molecule has 0 aromatic heterocycles. The molecule has 0 heterocycles. The van der Waals surface area contributed by atoms with Crippen LogP contribution in [0.4, 0.5) is 5.69 Å². The number of carbonyl (C=O) groups is 2. The van der Waals surface area contributed by atoms with Crippen molar-refractivity contribution in [2.75, 3.05) is 24.5 Å². The van der Waals surface area contributed by atoms with Crippen LogP contribution in [0.15, 0.2) is 120 Å². The van der Waals surface area contributed by atoms with Crippen molar-refractivity contribution >= 4 is 27.5 Å². The summed E-state index contributed by atoms with van der Waals surface area (Å²) in [4.78, 5) is 29.1. The molecule has 0 saturated carbocycles. The molecular formula is C33H35N3O5S. The van der Waals surface area contributed by atoms with Gasteiger partial charge < -0.3 is 15.0 Å². The summed E-state index contributed by atoms with van der Waals surface area (Å²) in [6.07, 6.45) is 0.250. The molecule has 4 rings (SSSR count). The van der Waals surface area contributed by atoms with E-state index in [1.54, 1.807) is 49.4 Å². The smallest absolute Gasteiger partial charge is 0.264 e. The van der Waals surface area contributed by atoms with Crippen LogP contribution in [0.5, 0.6) is 5.75 Å². The zero-order chi connectivity index (χ0) is 30.0. The van der Waals surface area contributed by atoms with Gasteiger partial charge in [-0.15, -0.1) is 0 Å². The molecule has 0 fully saturated rings. The highest BCUT2D eigenvalue weighted by Gasteiger charge is 2.35. The minimum Gasteiger partial charge on any atom is -0.492 e. The Bertz CT molecular complexity index is 1570. The molecule has 8 nitrogen and oxygen atoms in total. The number of benzene rings is 4. The number of rotatable bonds is 13. The van der Waals surface area contributed by atoms with Gasteiger partial charge in [-0.05, 0) is 42.3 Å². The van der Waals surface area contributed by atoms with E-state index in [9.17, 15) is 18.0 Å². The van der Waals surface area contributed by atoms with Crippen LogP contribution in [0.1, 0.15) is 18.1 Å². The van der Waals surface area contributed by atoms with Gasteiger partial charge in [0.2, 0.25) is 11.8 Å². The second-order valence-corrected chi connectivity index (χ2v) is 11.4. The Morgan fingerprint density at radius 1 is 0.786 bits per heavy atom. The highest BCUT2D eigenvalue weighted by atomic mass is 32.2. The lowest BCUT2D eigenvalue weighted by Crippen LogP contribution is -2.53. The van der Waals surface area contributed by atoms with Gasteiger partial charge in [0.05, 0.1) is 17.2 Å². The standard InChI is InChI=1S/C33H35N3O5S/c1-3-41-31-22-14-13-21-29(31)36(42(39,40)28-19-11-6-12-20-28)25-32(37)35(24-27-17-9-5-10-18-27)30(33(38)34-2)23-26-15-7-4-8-16-26/h4-22,30H,3,23-25H2,1-2H3,(H,34,38)/t30-/m0/s1. The highest BCUT2D eigenvalue weighted by molar-refractivity contribution is 7.92. The van der Waals surface area contributed by atoms with Crippen LogP contribution in [-0.2, 0) is 32.6 Å². The molecule has 4 aromatic carbocycles. The molecule has 4 aromatic rings. The Labute approximate surface area is 247 Å². The fraction of sp³-hybridized carbons (Fsp3) is 0.212. The highest BCUT2D eigenvalue weighted by Crippen LogP contribution is 2.33. The molecule has 0 bridgehead atoms. The number of hydrogen-bond donors (Lipinski definition) is 1. The average Bonchev–Trinajstić information content (AvgIpc) is 3.03. The lowest BCUT2D eigenvalue weighted by Gasteiger charge is -2.34. The van der Waals surface area contributed by atoms with E-state index in [1.807, 2.05) is 60.7 Å². The minimum atomic E-state index is -4.20. The summed E-state index contributed by atoms with van der Waals surface area (Å²) in [5.41, 5.74) is 1.91. The Morgan fingerprint density at radius 3 is 1.93 bits per heavy atom. The molecule has 42 heavy (non-hydrogen) atoms. The number of amides is 2. The van der Waals surface area contributed by atoms with E-state index in [0.717, 1.165) is 15.4 Å². The molecule has 0 spiro atoms. The van der Waals surface area contributed by atoms with E-state index >= 15 is 0 Å². The predicted octanol–water partition coefficient (Wildman–Crippen LogP) is 4.67. The summed E-state index contributed by atoms with van der Waals surface area (Å²) in [7, 11) is -2.68. The van der Waals surface area contributed by atoms with Crippen molar-refractivity contribution in [3.05, 3.63) is 126 Å². The number of sulfonamides is 1. The Morgan fingerprint density at radius 2 is 1.33 bits per heavy atom. The van der Waals surface area contributed by atoms with Crippen molar-refractivity contribution in [1.82, 2.24) is 10.2 Å². The van der Waals surface area contributed by atoms with Gasteiger partial charge in [-0.1, -0.05) is 91.0 Å². The van der Waals surface area contributed by atoms with Crippen molar-refractivity contribution in [3.63, 3.8) is 0 Å². The first-order chi connectivity index (χ1) is 20.3. The molecule has 0 saturated heterocycles. The summed E-state index contributed by atoms with van der Waals surface area (Å²) in [5.74, 6) is -0.557. The first kappa shape index (κ1) is 30.3. The van der Waals surface area contributed by atoms with Gasteiger partial charge >= 0.3 is 0 Å².